The molecule has 1 N–H and O–H groups in total. The summed E-state index contributed by atoms with van der Waals surface area (Å²) >= 11 is 0. The Balaban J connectivity index is 2.18. The van der Waals surface area contributed by atoms with E-state index in [1.54, 1.807) is 25.1 Å². The van der Waals surface area contributed by atoms with Crippen molar-refractivity contribution in [3.05, 3.63) is 29.6 Å². The molecule has 4 nitrogen and oxygen atoms in total. The lowest BCUT2D eigenvalue weighted by molar-refractivity contribution is 0.0821. The Kier molecular flexibility index (Phi) is 3.74. The van der Waals surface area contributed by atoms with Gasteiger partial charge in [-0.1, -0.05) is 6.07 Å². The number of nitrogens with one attached hydrogen (secondary N) is 1. The molecule has 1 fully saturated rings. The summed E-state index contributed by atoms with van der Waals surface area (Å²) in [5, 5.41) is 3.37. The first-order valence-electron chi connectivity index (χ1n) is 6.08. The molecule has 17 heavy (non-hydrogen) atoms. The van der Waals surface area contributed by atoms with Crippen LogP contribution in [0.1, 0.15) is 34.9 Å². The van der Waals surface area contributed by atoms with Crippen molar-refractivity contribution in [2.45, 2.75) is 18.8 Å². The highest BCUT2D eigenvalue weighted by molar-refractivity contribution is 5.91. The zero-order chi connectivity index (χ0) is 12.3. The number of pyridine rings is 1. The van der Waals surface area contributed by atoms with Crippen molar-refractivity contribution < 1.29 is 4.79 Å². The highest BCUT2D eigenvalue weighted by atomic mass is 16.2. The Bertz CT molecular complexity index is 397. The van der Waals surface area contributed by atoms with Gasteiger partial charge in [0.05, 0.1) is 0 Å². The average molecular weight is 233 g/mol. The third-order valence-electron chi connectivity index (χ3n) is 3.11. The highest BCUT2D eigenvalue weighted by Crippen LogP contribution is 2.21. The molecule has 0 bridgehead atoms. The van der Waals surface area contributed by atoms with E-state index >= 15 is 0 Å². The van der Waals surface area contributed by atoms with E-state index in [0.29, 0.717) is 11.6 Å². The maximum Gasteiger partial charge on any atom is 0.271 e. The van der Waals surface area contributed by atoms with Gasteiger partial charge in [0.25, 0.3) is 5.91 Å². The Hall–Kier alpha value is -1.42. The number of amides is 1. The summed E-state index contributed by atoms with van der Waals surface area (Å²) in [7, 11) is 3.50. The fraction of sp³-hybridized carbons (Fsp3) is 0.538. The number of hydrogen-bond donors (Lipinski definition) is 1. The largest absolute Gasteiger partial charge is 0.343 e. The number of piperidine rings is 1. The molecule has 0 unspecified atom stereocenters. The van der Waals surface area contributed by atoms with Gasteiger partial charge in [0.15, 0.2) is 0 Å². The Labute approximate surface area is 102 Å². The first-order valence-corrected chi connectivity index (χ1v) is 6.08. The van der Waals surface area contributed by atoms with E-state index in [-0.39, 0.29) is 5.91 Å². The van der Waals surface area contributed by atoms with Gasteiger partial charge in [0, 0.05) is 32.3 Å². The molecular formula is C13H19N3O. The molecule has 1 amide bonds. The van der Waals surface area contributed by atoms with Crippen molar-refractivity contribution in [3.8, 4) is 0 Å². The van der Waals surface area contributed by atoms with Crippen LogP contribution in [0.25, 0.3) is 0 Å². The van der Waals surface area contributed by atoms with Gasteiger partial charge in [-0.2, -0.15) is 0 Å². The normalized spacial score (nSPS) is 20.0. The molecule has 1 aromatic rings. The van der Waals surface area contributed by atoms with Gasteiger partial charge in [0.1, 0.15) is 5.69 Å². The molecule has 2 rings (SSSR count). The van der Waals surface area contributed by atoms with Gasteiger partial charge in [-0.05, 0) is 31.5 Å². The van der Waals surface area contributed by atoms with Gasteiger partial charge in [-0.25, -0.2) is 4.98 Å². The van der Waals surface area contributed by atoms with Crippen LogP contribution in [0.2, 0.25) is 0 Å². The van der Waals surface area contributed by atoms with Crippen molar-refractivity contribution in [3.63, 3.8) is 0 Å². The molecule has 0 radical (unpaired) electrons. The quantitative estimate of drug-likeness (QED) is 0.836. The first-order chi connectivity index (χ1) is 8.18. The van der Waals surface area contributed by atoms with Gasteiger partial charge in [0.2, 0.25) is 0 Å². The maximum atomic E-state index is 11.8. The van der Waals surface area contributed by atoms with Gasteiger partial charge < -0.3 is 10.2 Å². The fourth-order valence-electron chi connectivity index (χ4n) is 2.13. The predicted molar refractivity (Wildman–Crippen MR) is 67.1 cm³/mol. The average Bonchev–Trinajstić information content (AvgIpc) is 2.39. The second kappa shape index (κ2) is 5.27. The summed E-state index contributed by atoms with van der Waals surface area (Å²) in [6, 6.07) is 5.72. The molecule has 1 aromatic heterocycles. The number of carbonyl (C=O) groups excluding carboxylic acids is 1. The van der Waals surface area contributed by atoms with Crippen LogP contribution in [-0.4, -0.2) is 43.0 Å². The molecule has 1 aliphatic rings. The standard InChI is InChI=1S/C13H19N3O/c1-16(2)13(17)12-7-3-6-11(15-12)10-5-4-8-14-9-10/h3,6-7,10,14H,4-5,8-9H2,1-2H3/t10-/m1/s1. The molecule has 0 aromatic carbocycles. The third-order valence-corrected chi connectivity index (χ3v) is 3.11. The van der Waals surface area contributed by atoms with Crippen LogP contribution in [0.4, 0.5) is 0 Å². The summed E-state index contributed by atoms with van der Waals surface area (Å²) in [4.78, 5) is 17.9. The summed E-state index contributed by atoms with van der Waals surface area (Å²) in [6.07, 6.45) is 2.33. The van der Waals surface area contributed by atoms with Crippen LogP contribution in [0, 0.1) is 0 Å². The molecule has 0 spiro atoms. The fourth-order valence-corrected chi connectivity index (χ4v) is 2.13. The second-order valence-electron chi connectivity index (χ2n) is 4.69. The topological polar surface area (TPSA) is 45.2 Å². The third kappa shape index (κ3) is 2.82. The van der Waals surface area contributed by atoms with E-state index in [2.05, 4.69) is 10.3 Å². The van der Waals surface area contributed by atoms with Crippen molar-refractivity contribution in [1.82, 2.24) is 15.2 Å². The van der Waals surface area contributed by atoms with E-state index in [1.807, 2.05) is 12.1 Å². The van der Waals surface area contributed by atoms with Crippen LogP contribution in [0.3, 0.4) is 0 Å². The van der Waals surface area contributed by atoms with E-state index in [1.165, 1.54) is 6.42 Å². The van der Waals surface area contributed by atoms with Crippen molar-refractivity contribution in [2.75, 3.05) is 27.2 Å². The zero-order valence-electron chi connectivity index (χ0n) is 10.4. The van der Waals surface area contributed by atoms with Gasteiger partial charge in [-0.3, -0.25) is 4.79 Å². The summed E-state index contributed by atoms with van der Waals surface area (Å²) < 4.78 is 0. The second-order valence-corrected chi connectivity index (χ2v) is 4.69. The van der Waals surface area contributed by atoms with Crippen LogP contribution in [0.15, 0.2) is 18.2 Å². The van der Waals surface area contributed by atoms with E-state index in [4.69, 9.17) is 0 Å². The van der Waals surface area contributed by atoms with Crippen LogP contribution in [0.5, 0.6) is 0 Å². The molecule has 1 aliphatic heterocycles. The van der Waals surface area contributed by atoms with Crippen LogP contribution in [-0.2, 0) is 0 Å². The highest BCUT2D eigenvalue weighted by Gasteiger charge is 2.18. The Morgan fingerprint density at radius 2 is 2.29 bits per heavy atom. The number of aromatic nitrogens is 1. The van der Waals surface area contributed by atoms with Crippen molar-refractivity contribution in [2.24, 2.45) is 0 Å². The monoisotopic (exact) mass is 233 g/mol. The van der Waals surface area contributed by atoms with Gasteiger partial charge >= 0.3 is 0 Å². The lowest BCUT2D eigenvalue weighted by atomic mass is 9.95. The summed E-state index contributed by atoms with van der Waals surface area (Å²) in [5.41, 5.74) is 1.57. The minimum atomic E-state index is -0.0318. The molecule has 2 heterocycles. The number of nitrogens with zero attached hydrogens (tertiary/aromatic N) is 2. The number of hydrogen-bond acceptors (Lipinski definition) is 3. The molecule has 4 heteroatoms. The minimum absolute atomic E-state index is 0.0318. The molecule has 92 valence electrons. The molecule has 1 atom stereocenters. The summed E-state index contributed by atoms with van der Waals surface area (Å²) in [6.45, 7) is 2.05. The Morgan fingerprint density at radius 3 is 2.94 bits per heavy atom. The Morgan fingerprint density at radius 1 is 1.47 bits per heavy atom. The molecule has 1 saturated heterocycles. The number of carbonyl (C=O) groups is 1. The van der Waals surface area contributed by atoms with Crippen LogP contribution < -0.4 is 5.32 Å². The predicted octanol–water partition coefficient (Wildman–Crippen LogP) is 1.25. The zero-order valence-corrected chi connectivity index (χ0v) is 10.4. The van der Waals surface area contributed by atoms with E-state index in [0.717, 1.165) is 25.2 Å². The summed E-state index contributed by atoms with van der Waals surface area (Å²) in [5.74, 6) is 0.411. The van der Waals surface area contributed by atoms with E-state index < -0.39 is 0 Å². The van der Waals surface area contributed by atoms with Crippen LogP contribution >= 0.6 is 0 Å². The lowest BCUT2D eigenvalue weighted by Gasteiger charge is -2.22. The van der Waals surface area contributed by atoms with E-state index in [9.17, 15) is 4.79 Å². The first kappa shape index (κ1) is 12.0. The number of rotatable bonds is 2. The smallest absolute Gasteiger partial charge is 0.271 e. The molecular weight excluding hydrogens is 214 g/mol. The van der Waals surface area contributed by atoms with Crippen molar-refractivity contribution >= 4 is 5.91 Å². The van der Waals surface area contributed by atoms with Gasteiger partial charge in [-0.15, -0.1) is 0 Å². The molecule has 0 saturated carbocycles. The molecule has 0 aliphatic carbocycles. The maximum absolute atomic E-state index is 11.8. The SMILES string of the molecule is CN(C)C(=O)c1cccc([C@@H]2CCCNC2)n1. The lowest BCUT2D eigenvalue weighted by Crippen LogP contribution is -2.29. The van der Waals surface area contributed by atoms with Crippen molar-refractivity contribution in [1.29, 1.82) is 0 Å². The minimum Gasteiger partial charge on any atom is -0.343 e.